The third-order valence-corrected chi connectivity index (χ3v) is 2.47. The van der Waals surface area contributed by atoms with Crippen molar-refractivity contribution in [3.05, 3.63) is 52.1 Å². The van der Waals surface area contributed by atoms with Gasteiger partial charge in [-0.2, -0.15) is 0 Å². The van der Waals surface area contributed by atoms with Crippen LogP contribution in [0, 0.1) is 0 Å². The molecule has 0 bridgehead atoms. The fourth-order valence-electron chi connectivity index (χ4n) is 1.21. The molecule has 0 amide bonds. The molecule has 2 aromatic heterocycles. The van der Waals surface area contributed by atoms with Crippen molar-refractivity contribution in [1.29, 1.82) is 0 Å². The molecule has 5 nitrogen and oxygen atoms in total. The minimum atomic E-state index is -1.21. The summed E-state index contributed by atoms with van der Waals surface area (Å²) >= 11 is 3.20. The Labute approximate surface area is 104 Å². The molecule has 0 aliphatic heterocycles. The van der Waals surface area contributed by atoms with Crippen molar-refractivity contribution in [3.63, 3.8) is 0 Å². The van der Waals surface area contributed by atoms with E-state index in [1.807, 2.05) is 0 Å². The van der Waals surface area contributed by atoms with Gasteiger partial charge in [-0.3, -0.25) is 9.78 Å². The highest BCUT2D eigenvalue weighted by atomic mass is 79.9. The second kappa shape index (κ2) is 4.50. The quantitative estimate of drug-likeness (QED) is 0.879. The van der Waals surface area contributed by atoms with Crippen LogP contribution in [-0.4, -0.2) is 21.8 Å². The van der Waals surface area contributed by atoms with Gasteiger partial charge < -0.3 is 9.52 Å². The number of hydrogen-bond donors (Lipinski definition) is 1. The average Bonchev–Trinajstić information content (AvgIpc) is 2.78. The van der Waals surface area contributed by atoms with Gasteiger partial charge in [-0.25, -0.2) is 4.79 Å². The van der Waals surface area contributed by atoms with E-state index >= 15 is 0 Å². The van der Waals surface area contributed by atoms with Gasteiger partial charge in [-0.15, -0.1) is 0 Å². The molecule has 0 aliphatic carbocycles. The first-order valence-electron chi connectivity index (χ1n) is 4.57. The molecular formula is C11H6BrNO4. The molecule has 2 aromatic rings. The first kappa shape index (κ1) is 11.5. The molecule has 0 fully saturated rings. The van der Waals surface area contributed by atoms with Crippen molar-refractivity contribution in [2.45, 2.75) is 0 Å². The number of carbonyl (C=O) groups excluding carboxylic acids is 1. The van der Waals surface area contributed by atoms with E-state index in [1.54, 1.807) is 6.07 Å². The average molecular weight is 296 g/mol. The van der Waals surface area contributed by atoms with E-state index in [0.717, 1.165) is 4.47 Å². The number of ketones is 1. The van der Waals surface area contributed by atoms with Crippen LogP contribution in [0.5, 0.6) is 0 Å². The number of carboxylic acids is 1. The van der Waals surface area contributed by atoms with Gasteiger partial charge in [0.05, 0.1) is 0 Å². The maximum absolute atomic E-state index is 11.8. The summed E-state index contributed by atoms with van der Waals surface area (Å²) in [5.41, 5.74) is 0.194. The molecule has 1 N–H and O–H groups in total. The number of furan rings is 1. The predicted octanol–water partition coefficient (Wildman–Crippen LogP) is 2.37. The molecule has 0 unspecified atom stereocenters. The van der Waals surface area contributed by atoms with Crippen molar-refractivity contribution in [3.8, 4) is 0 Å². The second-order valence-electron chi connectivity index (χ2n) is 3.16. The lowest BCUT2D eigenvalue weighted by molar-refractivity contribution is 0.0660. The molecule has 0 aromatic carbocycles. The first-order chi connectivity index (χ1) is 8.08. The Kier molecular flexibility index (Phi) is 3.06. The van der Waals surface area contributed by atoms with Crippen LogP contribution in [0.15, 0.2) is 39.4 Å². The van der Waals surface area contributed by atoms with Crippen LogP contribution in [0.2, 0.25) is 0 Å². The monoisotopic (exact) mass is 295 g/mol. The second-order valence-corrected chi connectivity index (χ2v) is 4.08. The number of hydrogen-bond acceptors (Lipinski definition) is 4. The third-order valence-electron chi connectivity index (χ3n) is 2.00. The van der Waals surface area contributed by atoms with Crippen LogP contribution < -0.4 is 0 Å². The number of rotatable bonds is 3. The molecule has 0 radical (unpaired) electrons. The maximum atomic E-state index is 11.8. The molecule has 17 heavy (non-hydrogen) atoms. The van der Waals surface area contributed by atoms with E-state index in [0.29, 0.717) is 0 Å². The van der Waals surface area contributed by atoms with E-state index < -0.39 is 11.8 Å². The minimum absolute atomic E-state index is 0.0442. The van der Waals surface area contributed by atoms with Crippen molar-refractivity contribution in [1.82, 2.24) is 4.98 Å². The number of aromatic nitrogens is 1. The Bertz CT molecular complexity index is 573. The summed E-state index contributed by atoms with van der Waals surface area (Å²) in [6.07, 6.45) is 1.48. The zero-order valence-corrected chi connectivity index (χ0v) is 9.97. The Hall–Kier alpha value is -1.95. The molecule has 6 heteroatoms. The lowest BCUT2D eigenvalue weighted by Crippen LogP contribution is -2.02. The minimum Gasteiger partial charge on any atom is -0.475 e. The Morgan fingerprint density at radius 2 is 1.88 bits per heavy atom. The number of halogens is 1. The van der Waals surface area contributed by atoms with Crippen LogP contribution in [-0.2, 0) is 0 Å². The summed E-state index contributed by atoms with van der Waals surface area (Å²) in [7, 11) is 0. The highest BCUT2D eigenvalue weighted by Crippen LogP contribution is 2.14. The number of pyridine rings is 1. The normalized spacial score (nSPS) is 10.2. The van der Waals surface area contributed by atoms with E-state index in [-0.39, 0.29) is 17.2 Å². The number of nitrogens with zero attached hydrogens (tertiary/aromatic N) is 1. The lowest BCUT2D eigenvalue weighted by atomic mass is 10.2. The zero-order valence-electron chi connectivity index (χ0n) is 8.38. The fraction of sp³-hybridized carbons (Fsp3) is 0. The van der Waals surface area contributed by atoms with Gasteiger partial charge in [0.25, 0.3) is 0 Å². The van der Waals surface area contributed by atoms with Crippen LogP contribution in [0.25, 0.3) is 0 Å². The zero-order chi connectivity index (χ0) is 12.4. The van der Waals surface area contributed by atoms with E-state index in [4.69, 9.17) is 9.52 Å². The van der Waals surface area contributed by atoms with Gasteiger partial charge >= 0.3 is 5.97 Å². The first-order valence-corrected chi connectivity index (χ1v) is 5.36. The molecule has 0 atom stereocenters. The fourth-order valence-corrected chi connectivity index (χ4v) is 1.45. The molecule has 0 aliphatic rings. The summed E-state index contributed by atoms with van der Waals surface area (Å²) in [4.78, 5) is 26.3. The predicted molar refractivity (Wildman–Crippen MR) is 61.0 cm³/mol. The Morgan fingerprint density at radius 1 is 1.18 bits per heavy atom. The van der Waals surface area contributed by atoms with Crippen LogP contribution in [0.1, 0.15) is 26.8 Å². The van der Waals surface area contributed by atoms with Gasteiger partial charge in [-0.05, 0) is 40.2 Å². The van der Waals surface area contributed by atoms with Crippen molar-refractivity contribution >= 4 is 27.7 Å². The van der Waals surface area contributed by atoms with Gasteiger partial charge in [-0.1, -0.05) is 0 Å². The molecule has 0 saturated heterocycles. The third kappa shape index (κ3) is 2.42. The van der Waals surface area contributed by atoms with Gasteiger partial charge in [0.2, 0.25) is 11.5 Å². The maximum Gasteiger partial charge on any atom is 0.371 e. The van der Waals surface area contributed by atoms with Crippen LogP contribution in [0.4, 0.5) is 0 Å². The summed E-state index contributed by atoms with van der Waals surface area (Å²) in [5.74, 6) is -1.99. The SMILES string of the molecule is O=C(O)c1ccc(C(=O)c2ccc(Br)cn2)o1. The van der Waals surface area contributed by atoms with Crippen molar-refractivity contribution in [2.24, 2.45) is 0 Å². The topological polar surface area (TPSA) is 80.4 Å². The summed E-state index contributed by atoms with van der Waals surface area (Å²) < 4.78 is 5.64. The molecular weight excluding hydrogens is 290 g/mol. The Morgan fingerprint density at radius 3 is 2.41 bits per heavy atom. The van der Waals surface area contributed by atoms with Crippen LogP contribution in [0.3, 0.4) is 0 Å². The lowest BCUT2D eigenvalue weighted by Gasteiger charge is -1.96. The largest absolute Gasteiger partial charge is 0.475 e. The molecule has 0 saturated carbocycles. The van der Waals surface area contributed by atoms with E-state index in [9.17, 15) is 9.59 Å². The van der Waals surface area contributed by atoms with Gasteiger partial charge in [0.1, 0.15) is 5.69 Å². The number of carbonyl (C=O) groups is 2. The number of carboxylic acid groups (broad SMARTS) is 1. The van der Waals surface area contributed by atoms with E-state index in [1.165, 1.54) is 24.4 Å². The standard InChI is InChI=1S/C11H6BrNO4/c12-6-1-2-7(13-5-6)10(14)8-3-4-9(17-8)11(15)16/h1-5H,(H,15,16). The van der Waals surface area contributed by atoms with Crippen molar-refractivity contribution < 1.29 is 19.1 Å². The summed E-state index contributed by atoms with van der Waals surface area (Å²) in [6, 6.07) is 5.74. The molecule has 2 heterocycles. The Balaban J connectivity index is 2.30. The van der Waals surface area contributed by atoms with Crippen molar-refractivity contribution in [2.75, 3.05) is 0 Å². The van der Waals surface area contributed by atoms with Crippen LogP contribution >= 0.6 is 15.9 Å². The van der Waals surface area contributed by atoms with Gasteiger partial charge in [0, 0.05) is 10.7 Å². The highest BCUT2D eigenvalue weighted by Gasteiger charge is 2.17. The summed E-state index contributed by atoms with van der Waals surface area (Å²) in [6.45, 7) is 0. The molecule has 0 spiro atoms. The highest BCUT2D eigenvalue weighted by molar-refractivity contribution is 9.10. The van der Waals surface area contributed by atoms with Gasteiger partial charge in [0.15, 0.2) is 5.76 Å². The molecule has 2 rings (SSSR count). The number of aromatic carboxylic acids is 1. The van der Waals surface area contributed by atoms with E-state index in [2.05, 4.69) is 20.9 Å². The smallest absolute Gasteiger partial charge is 0.371 e. The summed E-state index contributed by atoms with van der Waals surface area (Å²) in [5, 5.41) is 8.66. The molecule has 86 valence electrons.